The van der Waals surface area contributed by atoms with Gasteiger partial charge in [-0.15, -0.1) is 0 Å². The van der Waals surface area contributed by atoms with Gasteiger partial charge in [-0.2, -0.15) is 0 Å². The molecule has 3 N–H and O–H groups in total. The summed E-state index contributed by atoms with van der Waals surface area (Å²) in [6.07, 6.45) is 1.47. The summed E-state index contributed by atoms with van der Waals surface area (Å²) in [5.41, 5.74) is 1.65. The number of phenols is 2. The van der Waals surface area contributed by atoms with Gasteiger partial charge in [0.25, 0.3) is 0 Å². The smallest absolute Gasteiger partial charge is 0.130 e. The molecule has 0 radical (unpaired) electrons. The molecule has 104 valence electrons. The molecule has 1 heterocycles. The first-order valence-electron chi connectivity index (χ1n) is 6.42. The van der Waals surface area contributed by atoms with Crippen LogP contribution in [0.15, 0.2) is 54.6 Å². The molecule has 0 amide bonds. The third-order valence-electron chi connectivity index (χ3n) is 3.16. The fourth-order valence-corrected chi connectivity index (χ4v) is 2.12. The Hall–Kier alpha value is -3.01. The van der Waals surface area contributed by atoms with Crippen LogP contribution in [0.4, 0.5) is 0 Å². The molecular weight excluding hydrogens is 266 g/mol. The molecule has 0 atom stereocenters. The lowest BCUT2D eigenvalue weighted by atomic mass is 10.1. The number of para-hydroxylation sites is 1. The minimum atomic E-state index is -0.190. The van der Waals surface area contributed by atoms with Gasteiger partial charge in [0.15, 0.2) is 0 Å². The minimum absolute atomic E-state index is 0.0621. The second-order valence-electron chi connectivity index (χ2n) is 4.66. The van der Waals surface area contributed by atoms with Gasteiger partial charge in [-0.1, -0.05) is 24.3 Å². The highest BCUT2D eigenvalue weighted by atomic mass is 16.3. The van der Waals surface area contributed by atoms with Gasteiger partial charge in [-0.25, -0.2) is 4.98 Å². The summed E-state index contributed by atoms with van der Waals surface area (Å²) in [6.45, 7) is 0. The number of aromatic nitrogens is 1. The van der Waals surface area contributed by atoms with Crippen molar-refractivity contribution in [2.24, 2.45) is 0 Å². The number of hydrogen-bond donors (Lipinski definition) is 3. The van der Waals surface area contributed by atoms with E-state index in [2.05, 4.69) is 4.98 Å². The second-order valence-corrected chi connectivity index (χ2v) is 4.66. The minimum Gasteiger partial charge on any atom is -0.508 e. The Labute approximate surface area is 121 Å². The van der Waals surface area contributed by atoms with Crippen molar-refractivity contribution in [2.45, 2.75) is 0 Å². The van der Waals surface area contributed by atoms with Crippen LogP contribution >= 0.6 is 0 Å². The highest BCUT2D eigenvalue weighted by molar-refractivity contribution is 5.83. The number of aliphatic hydroxyl groups is 1. The zero-order valence-corrected chi connectivity index (χ0v) is 11.1. The van der Waals surface area contributed by atoms with E-state index in [0.717, 1.165) is 10.9 Å². The Morgan fingerprint density at radius 3 is 2.57 bits per heavy atom. The van der Waals surface area contributed by atoms with E-state index in [4.69, 9.17) is 0 Å². The van der Waals surface area contributed by atoms with Crippen LogP contribution in [0.1, 0.15) is 11.3 Å². The first kappa shape index (κ1) is 13.0. The fraction of sp³-hybridized carbons (Fsp3) is 0. The Balaban J connectivity index is 2.02. The van der Waals surface area contributed by atoms with Crippen molar-refractivity contribution < 1.29 is 15.3 Å². The lowest BCUT2D eigenvalue weighted by Crippen LogP contribution is -1.87. The third kappa shape index (κ3) is 2.65. The summed E-state index contributed by atoms with van der Waals surface area (Å²) in [4.78, 5) is 4.42. The zero-order valence-electron chi connectivity index (χ0n) is 11.1. The number of aliphatic hydroxyl groups excluding tert-OH is 1. The molecule has 0 saturated heterocycles. The topological polar surface area (TPSA) is 73.6 Å². The fourth-order valence-electron chi connectivity index (χ4n) is 2.12. The van der Waals surface area contributed by atoms with E-state index in [0.29, 0.717) is 5.69 Å². The number of benzene rings is 2. The molecule has 0 saturated carbocycles. The molecule has 1 aromatic heterocycles. The van der Waals surface area contributed by atoms with Crippen molar-refractivity contribution in [1.82, 2.24) is 4.98 Å². The summed E-state index contributed by atoms with van der Waals surface area (Å²) in [6, 6.07) is 15.4. The van der Waals surface area contributed by atoms with Gasteiger partial charge in [-0.05, 0) is 24.3 Å². The van der Waals surface area contributed by atoms with E-state index in [1.54, 1.807) is 6.07 Å². The van der Waals surface area contributed by atoms with Gasteiger partial charge >= 0.3 is 0 Å². The molecule has 4 nitrogen and oxygen atoms in total. The molecule has 0 spiro atoms. The number of rotatable bonds is 2. The van der Waals surface area contributed by atoms with Gasteiger partial charge in [0.1, 0.15) is 17.3 Å². The number of aromatic hydroxyl groups is 2. The Bertz CT molecular complexity index is 840. The van der Waals surface area contributed by atoms with Crippen LogP contribution in [0.2, 0.25) is 0 Å². The number of fused-ring (bicyclic) bond motifs is 1. The van der Waals surface area contributed by atoms with Gasteiger partial charge in [-0.3, -0.25) is 0 Å². The second kappa shape index (κ2) is 5.17. The molecular formula is C17H13NO3. The summed E-state index contributed by atoms with van der Waals surface area (Å²) >= 11 is 0. The summed E-state index contributed by atoms with van der Waals surface area (Å²) in [5.74, 6) is -0.368. The summed E-state index contributed by atoms with van der Waals surface area (Å²) in [7, 11) is 0. The molecule has 3 rings (SSSR count). The van der Waals surface area contributed by atoms with Crippen LogP contribution in [-0.4, -0.2) is 20.3 Å². The molecule has 3 aromatic rings. The van der Waals surface area contributed by atoms with E-state index in [1.165, 1.54) is 24.3 Å². The van der Waals surface area contributed by atoms with Crippen molar-refractivity contribution in [3.8, 4) is 11.5 Å². The van der Waals surface area contributed by atoms with Crippen molar-refractivity contribution in [1.29, 1.82) is 0 Å². The third-order valence-corrected chi connectivity index (χ3v) is 3.16. The van der Waals surface area contributed by atoms with Crippen molar-refractivity contribution in [3.63, 3.8) is 0 Å². The highest BCUT2D eigenvalue weighted by Gasteiger charge is 2.07. The van der Waals surface area contributed by atoms with Crippen molar-refractivity contribution >= 4 is 22.7 Å². The standard InChI is InChI=1S/C17H13NO3/c19-13-7-8-14(17(21)10-13)16(20)9-12-6-5-11-3-1-2-4-15(11)18-12/h1-10,19-21H/b16-9-. The van der Waals surface area contributed by atoms with Crippen LogP contribution < -0.4 is 0 Å². The van der Waals surface area contributed by atoms with Crippen LogP contribution in [0.3, 0.4) is 0 Å². The maximum Gasteiger partial charge on any atom is 0.130 e. The maximum absolute atomic E-state index is 10.1. The maximum atomic E-state index is 10.1. The normalized spacial score (nSPS) is 11.7. The van der Waals surface area contributed by atoms with Gasteiger partial charge in [0, 0.05) is 17.5 Å². The predicted molar refractivity (Wildman–Crippen MR) is 82.0 cm³/mol. The SMILES string of the molecule is O/C(=C\c1ccc2ccccc2n1)c1ccc(O)cc1O. The Morgan fingerprint density at radius 2 is 1.76 bits per heavy atom. The Kier molecular flexibility index (Phi) is 3.20. The van der Waals surface area contributed by atoms with E-state index < -0.39 is 0 Å². The highest BCUT2D eigenvalue weighted by Crippen LogP contribution is 2.28. The lowest BCUT2D eigenvalue weighted by Gasteiger charge is -2.05. The van der Waals surface area contributed by atoms with E-state index in [-0.39, 0.29) is 22.8 Å². The predicted octanol–water partition coefficient (Wildman–Crippen LogP) is 3.70. The molecule has 0 aliphatic carbocycles. The first-order chi connectivity index (χ1) is 10.1. The van der Waals surface area contributed by atoms with Crippen LogP contribution in [0.5, 0.6) is 11.5 Å². The van der Waals surface area contributed by atoms with Gasteiger partial charge < -0.3 is 15.3 Å². The lowest BCUT2D eigenvalue weighted by molar-refractivity contribution is 0.443. The molecule has 0 fully saturated rings. The molecule has 0 bridgehead atoms. The Morgan fingerprint density at radius 1 is 0.952 bits per heavy atom. The number of pyridine rings is 1. The number of hydrogen-bond acceptors (Lipinski definition) is 4. The summed E-state index contributed by atoms with van der Waals surface area (Å²) in [5, 5.41) is 30.1. The average Bonchev–Trinajstić information content (AvgIpc) is 2.47. The quantitative estimate of drug-likeness (QED) is 0.625. The monoisotopic (exact) mass is 279 g/mol. The van der Waals surface area contributed by atoms with E-state index in [9.17, 15) is 15.3 Å². The molecule has 4 heteroatoms. The van der Waals surface area contributed by atoms with Gasteiger partial charge in [0.05, 0.1) is 16.8 Å². The van der Waals surface area contributed by atoms with Crippen LogP contribution in [0, 0.1) is 0 Å². The molecule has 0 unspecified atom stereocenters. The number of nitrogens with zero attached hydrogens (tertiary/aromatic N) is 1. The van der Waals surface area contributed by atoms with Crippen molar-refractivity contribution in [2.75, 3.05) is 0 Å². The van der Waals surface area contributed by atoms with Crippen molar-refractivity contribution in [3.05, 3.63) is 65.9 Å². The van der Waals surface area contributed by atoms with E-state index >= 15 is 0 Å². The first-order valence-corrected chi connectivity index (χ1v) is 6.42. The number of phenolic OH excluding ortho intramolecular Hbond substituents is 2. The zero-order chi connectivity index (χ0) is 14.8. The largest absolute Gasteiger partial charge is 0.508 e. The van der Waals surface area contributed by atoms with Crippen LogP contribution in [0.25, 0.3) is 22.7 Å². The van der Waals surface area contributed by atoms with E-state index in [1.807, 2.05) is 30.3 Å². The molecule has 2 aromatic carbocycles. The average molecular weight is 279 g/mol. The van der Waals surface area contributed by atoms with Gasteiger partial charge in [0.2, 0.25) is 0 Å². The molecule has 21 heavy (non-hydrogen) atoms. The molecule has 0 aliphatic rings. The summed E-state index contributed by atoms with van der Waals surface area (Å²) < 4.78 is 0. The molecule has 0 aliphatic heterocycles. The van der Waals surface area contributed by atoms with Crippen LogP contribution in [-0.2, 0) is 0 Å².